The monoisotopic (exact) mass is 562 g/mol. The van der Waals surface area contributed by atoms with E-state index in [1.165, 1.54) is 0 Å². The zero-order valence-corrected chi connectivity index (χ0v) is 22.8. The second-order valence-corrected chi connectivity index (χ2v) is 10.7. The zero-order chi connectivity index (χ0) is 26.1. The van der Waals surface area contributed by atoms with Crippen LogP contribution in [0.5, 0.6) is 11.5 Å². The number of hydrogen-bond donors (Lipinski definition) is 2. The number of carbonyl (C=O) groups excluding carboxylic acids is 1. The molecule has 1 aromatic rings. The van der Waals surface area contributed by atoms with E-state index in [1.54, 1.807) is 31.5 Å². The molecule has 11 heteroatoms. The molecule has 1 aromatic carbocycles. The molecule has 3 aliphatic heterocycles. The number of halogens is 1. The van der Waals surface area contributed by atoms with Crippen LogP contribution in [0.25, 0.3) is 0 Å². The van der Waals surface area contributed by atoms with Gasteiger partial charge in [-0.1, -0.05) is 6.07 Å². The molecule has 0 bridgehead atoms. The molecule has 1 saturated heterocycles. The number of aliphatic imine (C=N–C) groups is 2. The molecule has 2 unspecified atom stereocenters. The van der Waals surface area contributed by atoms with Crippen LogP contribution in [0.3, 0.4) is 0 Å². The molecule has 10 nitrogen and oxygen atoms in total. The van der Waals surface area contributed by atoms with Gasteiger partial charge in [-0.25, -0.2) is 4.79 Å². The van der Waals surface area contributed by atoms with Gasteiger partial charge >= 0.3 is 10.8 Å². The molecule has 0 spiro atoms. The molecule has 36 heavy (non-hydrogen) atoms. The van der Waals surface area contributed by atoms with E-state index in [0.29, 0.717) is 53.6 Å². The Bertz CT molecular complexity index is 1160. The number of benzene rings is 1. The average molecular weight is 563 g/mol. The highest BCUT2D eigenvalue weighted by Crippen LogP contribution is 2.41. The van der Waals surface area contributed by atoms with Crippen LogP contribution in [0.4, 0.5) is 4.79 Å². The van der Waals surface area contributed by atoms with Crippen molar-refractivity contribution >= 4 is 33.0 Å². The Kier molecular flexibility index (Phi) is 7.29. The van der Waals surface area contributed by atoms with Gasteiger partial charge in [0.15, 0.2) is 0 Å². The maximum absolute atomic E-state index is 12.7. The predicted molar refractivity (Wildman–Crippen MR) is 140 cm³/mol. The molecule has 0 aliphatic carbocycles. The summed E-state index contributed by atoms with van der Waals surface area (Å²) < 4.78 is 17.0. The number of carbonyl (C=O) groups is 1. The van der Waals surface area contributed by atoms with Crippen molar-refractivity contribution in [2.45, 2.75) is 51.4 Å². The minimum Gasteiger partial charge on any atom is -0.497 e. The Balaban J connectivity index is 1.63. The maximum atomic E-state index is 12.7. The fourth-order valence-electron chi connectivity index (χ4n) is 4.51. The van der Waals surface area contributed by atoms with E-state index in [4.69, 9.17) is 19.2 Å². The van der Waals surface area contributed by atoms with Gasteiger partial charge in [-0.3, -0.25) is 4.99 Å². The summed E-state index contributed by atoms with van der Waals surface area (Å²) in [4.78, 5) is 23.4. The van der Waals surface area contributed by atoms with Crippen LogP contribution < -0.4 is 14.9 Å². The van der Waals surface area contributed by atoms with Gasteiger partial charge in [0, 0.05) is 34.1 Å². The molecule has 2 atom stereocenters. The lowest BCUT2D eigenvalue weighted by molar-refractivity contribution is -0.788. The smallest absolute Gasteiger partial charge is 0.410 e. The van der Waals surface area contributed by atoms with Crippen LogP contribution in [0, 0.1) is 0 Å². The van der Waals surface area contributed by atoms with E-state index in [0.717, 1.165) is 5.56 Å². The number of piperidine rings is 1. The summed E-state index contributed by atoms with van der Waals surface area (Å²) in [6.07, 6.45) is 5.84. The van der Waals surface area contributed by atoms with Gasteiger partial charge in [-0.05, 0) is 39.7 Å². The standard InChI is InChI=1S/C25H33BrN5O5/c1-24(2,3)36-23(32)30-11-6-9-25(33,16-30)21-19-15-27-10-12-31(19,22(26)29-21)28-14-17-7-8-18(34-4)13-20(17)35-5/h7-8,10,12-13,15,28,33H,6,9,11,14,16H2,1-5H3/q+1. The number of fused-ring (bicyclic) bond motifs is 1. The molecular formula is C25H33BrN5O5+. The number of rotatable bonds is 6. The summed E-state index contributed by atoms with van der Waals surface area (Å²) in [5, 5.41) is 11.8. The molecule has 1 amide bonds. The van der Waals surface area contributed by atoms with E-state index in [9.17, 15) is 9.90 Å². The number of allylic oxidation sites excluding steroid dienone is 1. The van der Waals surface area contributed by atoms with Crippen LogP contribution in [0.1, 0.15) is 39.2 Å². The Morgan fingerprint density at radius 2 is 2.08 bits per heavy atom. The zero-order valence-electron chi connectivity index (χ0n) is 21.2. The highest BCUT2D eigenvalue weighted by molar-refractivity contribution is 9.18. The summed E-state index contributed by atoms with van der Waals surface area (Å²) in [5.41, 5.74) is 3.58. The fourth-order valence-corrected chi connectivity index (χ4v) is 5.12. The second-order valence-electron chi connectivity index (χ2n) is 9.96. The highest BCUT2D eigenvalue weighted by atomic mass is 79.9. The third kappa shape index (κ3) is 5.06. The topological polar surface area (TPSA) is 105 Å². The third-order valence-electron chi connectivity index (χ3n) is 6.27. The van der Waals surface area contributed by atoms with Crippen LogP contribution in [-0.4, -0.2) is 70.2 Å². The highest BCUT2D eigenvalue weighted by Gasteiger charge is 2.52. The molecule has 4 rings (SSSR count). The molecule has 2 N–H and O–H groups in total. The van der Waals surface area contributed by atoms with E-state index in [2.05, 4.69) is 26.3 Å². The van der Waals surface area contributed by atoms with Gasteiger partial charge in [0.05, 0.1) is 39.7 Å². The van der Waals surface area contributed by atoms with Crippen LogP contribution >= 0.6 is 15.9 Å². The first kappa shape index (κ1) is 26.3. The van der Waals surface area contributed by atoms with Crippen molar-refractivity contribution in [1.82, 2.24) is 10.3 Å². The van der Waals surface area contributed by atoms with E-state index in [-0.39, 0.29) is 11.1 Å². The van der Waals surface area contributed by atoms with Gasteiger partial charge in [-0.15, -0.1) is 10.0 Å². The van der Waals surface area contributed by atoms with E-state index < -0.39 is 17.3 Å². The number of β-amino-alcohol motifs (C(OH)–C–C–N with tert-alkyl or cyclic N) is 1. The Hall–Kier alpha value is -2.73. The molecule has 0 saturated carbocycles. The van der Waals surface area contributed by atoms with Crippen LogP contribution in [0.15, 0.2) is 52.0 Å². The molecular weight excluding hydrogens is 530 g/mol. The molecule has 194 valence electrons. The number of amides is 1. The molecule has 0 radical (unpaired) electrons. The lowest BCUT2D eigenvalue weighted by Crippen LogP contribution is -2.56. The Labute approximate surface area is 219 Å². The number of nitrogens with zero attached hydrogens (tertiary/aromatic N) is 4. The van der Waals surface area contributed by atoms with Gasteiger partial charge in [0.1, 0.15) is 34.6 Å². The molecule has 3 heterocycles. The first-order valence-electron chi connectivity index (χ1n) is 11.8. The maximum Gasteiger partial charge on any atom is 0.410 e. The number of hydrogen-bond acceptors (Lipinski definition) is 8. The SMILES string of the molecule is COc1ccc(CN[N+]23C=CN=CC2=C(C2(O)CCCN(C(=O)OC(C)(C)C)C2)N=C3Br)c(OC)c1. The quantitative estimate of drug-likeness (QED) is 0.403. The average Bonchev–Trinajstić information content (AvgIpc) is 3.15. The molecule has 1 fully saturated rings. The lowest BCUT2D eigenvalue weighted by atomic mass is 9.88. The Morgan fingerprint density at radius 3 is 2.78 bits per heavy atom. The number of ether oxygens (including phenoxy) is 3. The largest absolute Gasteiger partial charge is 0.497 e. The van der Waals surface area contributed by atoms with Gasteiger partial charge < -0.3 is 24.2 Å². The first-order valence-corrected chi connectivity index (χ1v) is 12.6. The summed E-state index contributed by atoms with van der Waals surface area (Å²) >= 11 is 3.62. The van der Waals surface area contributed by atoms with Gasteiger partial charge in [-0.2, -0.15) is 4.99 Å². The predicted octanol–water partition coefficient (Wildman–Crippen LogP) is 3.82. The van der Waals surface area contributed by atoms with Crippen LogP contribution in [0.2, 0.25) is 0 Å². The van der Waals surface area contributed by atoms with E-state index in [1.807, 2.05) is 45.2 Å². The third-order valence-corrected chi connectivity index (χ3v) is 7.00. The Morgan fingerprint density at radius 1 is 1.31 bits per heavy atom. The van der Waals surface area contributed by atoms with Crippen molar-refractivity contribution in [3.8, 4) is 11.5 Å². The lowest BCUT2D eigenvalue weighted by Gasteiger charge is -2.39. The second kappa shape index (κ2) is 9.97. The normalized spacial score (nSPS) is 25.5. The van der Waals surface area contributed by atoms with Crippen molar-refractivity contribution in [3.05, 3.63) is 47.6 Å². The van der Waals surface area contributed by atoms with Crippen molar-refractivity contribution in [2.75, 3.05) is 27.3 Å². The summed E-state index contributed by atoms with van der Waals surface area (Å²) in [7, 11) is 3.23. The van der Waals surface area contributed by atoms with Crippen molar-refractivity contribution < 1.29 is 28.7 Å². The molecule has 0 aromatic heterocycles. The number of likely N-dealkylation sites (tertiary alicyclic amines) is 1. The summed E-state index contributed by atoms with van der Waals surface area (Å²) in [6, 6.07) is 5.64. The minimum atomic E-state index is -1.36. The number of amidine groups is 1. The fraction of sp³-hybridized carbons (Fsp3) is 0.480. The van der Waals surface area contributed by atoms with Crippen molar-refractivity contribution in [1.29, 1.82) is 0 Å². The molecule has 3 aliphatic rings. The number of aliphatic hydroxyl groups is 1. The summed E-state index contributed by atoms with van der Waals surface area (Å²) in [6.45, 7) is 6.48. The van der Waals surface area contributed by atoms with Crippen molar-refractivity contribution in [3.63, 3.8) is 0 Å². The van der Waals surface area contributed by atoms with E-state index >= 15 is 0 Å². The number of nitrogens with one attached hydrogen (secondary N) is 1. The number of quaternary nitrogens is 1. The number of methoxy groups -OCH3 is 2. The van der Waals surface area contributed by atoms with Gasteiger partial charge in [0.25, 0.3) is 0 Å². The van der Waals surface area contributed by atoms with Gasteiger partial charge in [0.2, 0.25) is 5.70 Å². The summed E-state index contributed by atoms with van der Waals surface area (Å²) in [5.74, 6) is 1.39. The first-order chi connectivity index (χ1) is 17.0. The van der Waals surface area contributed by atoms with Crippen molar-refractivity contribution in [2.24, 2.45) is 9.98 Å². The van der Waals surface area contributed by atoms with Crippen LogP contribution in [-0.2, 0) is 11.3 Å². The minimum absolute atomic E-state index is 0.0305.